The average molecular weight is 405 g/mol. The molecule has 0 atom stereocenters. The molecule has 0 saturated heterocycles. The van der Waals surface area contributed by atoms with E-state index in [9.17, 15) is 9.59 Å². The molecule has 1 aliphatic rings. The number of nitrogens with zero attached hydrogens (tertiary/aromatic N) is 2. The van der Waals surface area contributed by atoms with Gasteiger partial charge in [-0.1, -0.05) is 36.4 Å². The van der Waals surface area contributed by atoms with Crippen molar-refractivity contribution in [1.29, 1.82) is 0 Å². The average Bonchev–Trinajstić information content (AvgIpc) is 2.77. The molecule has 0 unspecified atom stereocenters. The number of rotatable bonds is 7. The largest absolute Gasteiger partial charge is 0.483 e. The SMILES string of the molecule is CCn1c(=O)cc(OCC(=O)NCCN2CCc3ccccc3C2)c2ccccc21. The second-order valence-corrected chi connectivity index (χ2v) is 7.54. The molecule has 1 N–H and O–H groups in total. The normalized spacial score (nSPS) is 13.8. The number of ether oxygens (including phenoxy) is 1. The van der Waals surface area contributed by atoms with E-state index in [0.29, 0.717) is 18.8 Å². The summed E-state index contributed by atoms with van der Waals surface area (Å²) in [6, 6.07) is 17.6. The molecule has 4 rings (SSSR count). The van der Waals surface area contributed by atoms with Crippen LogP contribution in [-0.2, 0) is 24.3 Å². The first-order valence-electron chi connectivity index (χ1n) is 10.5. The molecule has 0 bridgehead atoms. The van der Waals surface area contributed by atoms with Crippen LogP contribution in [0, 0.1) is 0 Å². The Morgan fingerprint density at radius 3 is 2.70 bits per heavy atom. The molecule has 30 heavy (non-hydrogen) atoms. The molecule has 156 valence electrons. The first-order valence-corrected chi connectivity index (χ1v) is 10.5. The van der Waals surface area contributed by atoms with Gasteiger partial charge in [-0.05, 0) is 36.6 Å². The van der Waals surface area contributed by atoms with Crippen molar-refractivity contribution in [2.45, 2.75) is 26.4 Å². The van der Waals surface area contributed by atoms with Crippen molar-refractivity contribution in [2.75, 3.05) is 26.2 Å². The van der Waals surface area contributed by atoms with Crippen LogP contribution in [0.15, 0.2) is 59.4 Å². The van der Waals surface area contributed by atoms with Crippen LogP contribution < -0.4 is 15.6 Å². The topological polar surface area (TPSA) is 63.6 Å². The molecular formula is C24H27N3O3. The van der Waals surface area contributed by atoms with Crippen molar-refractivity contribution in [2.24, 2.45) is 0 Å². The number of fused-ring (bicyclic) bond motifs is 2. The van der Waals surface area contributed by atoms with Gasteiger partial charge in [0, 0.05) is 44.2 Å². The molecule has 0 spiro atoms. The van der Waals surface area contributed by atoms with Gasteiger partial charge in [0.1, 0.15) is 5.75 Å². The Morgan fingerprint density at radius 2 is 1.87 bits per heavy atom. The molecule has 3 aromatic rings. The number of amides is 1. The van der Waals surface area contributed by atoms with Gasteiger partial charge in [0.25, 0.3) is 11.5 Å². The highest BCUT2D eigenvalue weighted by molar-refractivity contribution is 5.86. The highest BCUT2D eigenvalue weighted by atomic mass is 16.5. The van der Waals surface area contributed by atoms with E-state index in [1.165, 1.54) is 17.2 Å². The van der Waals surface area contributed by atoms with Gasteiger partial charge in [-0.2, -0.15) is 0 Å². The van der Waals surface area contributed by atoms with Crippen LogP contribution in [0.5, 0.6) is 5.75 Å². The quantitative estimate of drug-likeness (QED) is 0.656. The van der Waals surface area contributed by atoms with Gasteiger partial charge in [-0.15, -0.1) is 0 Å². The Balaban J connectivity index is 1.30. The Hall–Kier alpha value is -3.12. The second-order valence-electron chi connectivity index (χ2n) is 7.54. The Kier molecular flexibility index (Phi) is 6.14. The van der Waals surface area contributed by atoms with Crippen molar-refractivity contribution >= 4 is 16.8 Å². The maximum absolute atomic E-state index is 12.3. The lowest BCUT2D eigenvalue weighted by Crippen LogP contribution is -2.39. The fourth-order valence-corrected chi connectivity index (χ4v) is 4.04. The van der Waals surface area contributed by atoms with Gasteiger partial charge in [-0.3, -0.25) is 14.5 Å². The number of nitrogens with one attached hydrogen (secondary N) is 1. The number of aromatic nitrogens is 1. The first-order chi connectivity index (χ1) is 14.7. The summed E-state index contributed by atoms with van der Waals surface area (Å²) in [5.41, 5.74) is 3.47. The summed E-state index contributed by atoms with van der Waals surface area (Å²) < 4.78 is 7.40. The highest BCUT2D eigenvalue weighted by Crippen LogP contribution is 2.23. The molecule has 0 aliphatic carbocycles. The summed E-state index contributed by atoms with van der Waals surface area (Å²) >= 11 is 0. The minimum Gasteiger partial charge on any atom is -0.483 e. The molecule has 2 heterocycles. The number of hydrogen-bond acceptors (Lipinski definition) is 4. The zero-order chi connectivity index (χ0) is 20.9. The van der Waals surface area contributed by atoms with Crippen LogP contribution in [0.1, 0.15) is 18.1 Å². The highest BCUT2D eigenvalue weighted by Gasteiger charge is 2.15. The summed E-state index contributed by atoms with van der Waals surface area (Å²) in [5, 5.41) is 3.75. The summed E-state index contributed by atoms with van der Waals surface area (Å²) in [6.07, 6.45) is 1.05. The zero-order valence-corrected chi connectivity index (χ0v) is 17.3. The van der Waals surface area contributed by atoms with Crippen molar-refractivity contribution in [3.05, 3.63) is 76.1 Å². The number of para-hydroxylation sites is 1. The van der Waals surface area contributed by atoms with E-state index in [1.807, 2.05) is 31.2 Å². The van der Waals surface area contributed by atoms with Crippen LogP contribution in [0.3, 0.4) is 0 Å². The maximum atomic E-state index is 12.3. The van der Waals surface area contributed by atoms with E-state index in [1.54, 1.807) is 4.57 Å². The third-order valence-electron chi connectivity index (χ3n) is 5.62. The third-order valence-corrected chi connectivity index (χ3v) is 5.62. The predicted molar refractivity (Wildman–Crippen MR) is 118 cm³/mol. The molecule has 0 fully saturated rings. The van der Waals surface area contributed by atoms with E-state index in [4.69, 9.17) is 4.74 Å². The molecule has 1 aliphatic heterocycles. The van der Waals surface area contributed by atoms with E-state index < -0.39 is 0 Å². The standard InChI is InChI=1S/C24H27N3O3/c1-2-27-21-10-6-5-9-20(21)22(15-24(27)29)30-17-23(28)25-12-14-26-13-11-18-7-3-4-8-19(18)16-26/h3-10,15H,2,11-14,16-17H2,1H3,(H,25,28). The fourth-order valence-electron chi connectivity index (χ4n) is 4.04. The van der Waals surface area contributed by atoms with E-state index >= 15 is 0 Å². The lowest BCUT2D eigenvalue weighted by Gasteiger charge is -2.28. The fraction of sp³-hybridized carbons (Fsp3) is 0.333. The van der Waals surface area contributed by atoms with Crippen LogP contribution in [0.2, 0.25) is 0 Å². The predicted octanol–water partition coefficient (Wildman–Crippen LogP) is 2.57. The summed E-state index contributed by atoms with van der Waals surface area (Å²) in [6.45, 7) is 5.70. The summed E-state index contributed by atoms with van der Waals surface area (Å²) in [4.78, 5) is 27.0. The van der Waals surface area contributed by atoms with Crippen LogP contribution in [-0.4, -0.2) is 41.6 Å². The lowest BCUT2D eigenvalue weighted by atomic mass is 10.00. The maximum Gasteiger partial charge on any atom is 0.257 e. The summed E-state index contributed by atoms with van der Waals surface area (Å²) in [5.74, 6) is 0.263. The van der Waals surface area contributed by atoms with Gasteiger partial charge in [0.15, 0.2) is 6.61 Å². The van der Waals surface area contributed by atoms with Gasteiger partial charge >= 0.3 is 0 Å². The van der Waals surface area contributed by atoms with E-state index in [0.717, 1.165) is 37.0 Å². The molecule has 1 amide bonds. The van der Waals surface area contributed by atoms with Crippen LogP contribution in [0.25, 0.3) is 10.9 Å². The number of benzene rings is 2. The number of hydrogen-bond donors (Lipinski definition) is 1. The van der Waals surface area contributed by atoms with Crippen molar-refractivity contribution in [3.8, 4) is 5.75 Å². The van der Waals surface area contributed by atoms with Crippen molar-refractivity contribution in [1.82, 2.24) is 14.8 Å². The number of aryl methyl sites for hydroxylation is 1. The van der Waals surface area contributed by atoms with Crippen molar-refractivity contribution < 1.29 is 9.53 Å². The van der Waals surface area contributed by atoms with Gasteiger partial charge in [0.05, 0.1) is 5.52 Å². The van der Waals surface area contributed by atoms with E-state index in [-0.39, 0.29) is 18.1 Å². The van der Waals surface area contributed by atoms with Gasteiger partial charge < -0.3 is 14.6 Å². The monoisotopic (exact) mass is 405 g/mol. The zero-order valence-electron chi connectivity index (χ0n) is 17.3. The number of carbonyl (C=O) groups excluding carboxylic acids is 1. The minimum absolute atomic E-state index is 0.109. The Labute approximate surface area is 176 Å². The Morgan fingerprint density at radius 1 is 1.10 bits per heavy atom. The molecule has 2 aromatic carbocycles. The molecule has 0 radical (unpaired) electrons. The van der Waals surface area contributed by atoms with Gasteiger partial charge in [0.2, 0.25) is 0 Å². The second kappa shape index (κ2) is 9.13. The summed E-state index contributed by atoms with van der Waals surface area (Å²) in [7, 11) is 0. The number of carbonyl (C=O) groups is 1. The smallest absolute Gasteiger partial charge is 0.257 e. The van der Waals surface area contributed by atoms with Crippen molar-refractivity contribution in [3.63, 3.8) is 0 Å². The molecule has 1 aromatic heterocycles. The third kappa shape index (κ3) is 4.39. The van der Waals surface area contributed by atoms with Crippen LogP contribution >= 0.6 is 0 Å². The van der Waals surface area contributed by atoms with Gasteiger partial charge in [-0.25, -0.2) is 0 Å². The Bertz CT molecular complexity index is 1110. The lowest BCUT2D eigenvalue weighted by molar-refractivity contribution is -0.123. The molecular weight excluding hydrogens is 378 g/mol. The van der Waals surface area contributed by atoms with Crippen LogP contribution in [0.4, 0.5) is 0 Å². The minimum atomic E-state index is -0.184. The molecule has 6 heteroatoms. The molecule has 0 saturated carbocycles. The molecule has 6 nitrogen and oxygen atoms in total. The van der Waals surface area contributed by atoms with E-state index in [2.05, 4.69) is 34.5 Å². The number of pyridine rings is 1. The first kappa shape index (κ1) is 20.2.